The second-order valence-corrected chi connectivity index (χ2v) is 8.40. The number of piperazine rings is 1. The summed E-state index contributed by atoms with van der Waals surface area (Å²) in [4.78, 5) is 2.50. The van der Waals surface area contributed by atoms with E-state index in [1.165, 1.54) is 0 Å². The number of ether oxygens (including phenoxy) is 1. The van der Waals surface area contributed by atoms with Crippen LogP contribution in [0.3, 0.4) is 0 Å². The summed E-state index contributed by atoms with van der Waals surface area (Å²) in [6.45, 7) is 2.24. The first-order valence-electron chi connectivity index (χ1n) is 7.65. The first-order valence-corrected chi connectivity index (χ1v) is 9.89. The molecule has 128 valence electrons. The topological polar surface area (TPSA) is 49.9 Å². The van der Waals surface area contributed by atoms with Crippen molar-refractivity contribution in [3.8, 4) is 5.75 Å². The third kappa shape index (κ3) is 3.58. The van der Waals surface area contributed by atoms with Gasteiger partial charge in [0.15, 0.2) is 0 Å². The Balaban J connectivity index is 1.72. The Kier molecular flexibility index (Phi) is 5.12. The molecule has 0 N–H and O–H groups in total. The molecular formula is C17H19BrN2O3S. The average molecular weight is 411 g/mol. The third-order valence-electron chi connectivity index (χ3n) is 4.09. The molecule has 0 aliphatic carbocycles. The summed E-state index contributed by atoms with van der Waals surface area (Å²) < 4.78 is 33.1. The van der Waals surface area contributed by atoms with Crippen molar-refractivity contribution in [3.05, 3.63) is 53.0 Å². The van der Waals surface area contributed by atoms with E-state index in [2.05, 4.69) is 20.8 Å². The molecule has 0 aromatic heterocycles. The van der Waals surface area contributed by atoms with Gasteiger partial charge in [-0.25, -0.2) is 8.42 Å². The van der Waals surface area contributed by atoms with Crippen LogP contribution in [-0.2, 0) is 10.0 Å². The van der Waals surface area contributed by atoms with Crippen LogP contribution in [0.2, 0.25) is 0 Å². The van der Waals surface area contributed by atoms with Gasteiger partial charge in [-0.1, -0.05) is 28.1 Å². The van der Waals surface area contributed by atoms with Gasteiger partial charge in [-0.3, -0.25) is 0 Å². The number of benzene rings is 2. The second kappa shape index (κ2) is 7.13. The zero-order valence-electron chi connectivity index (χ0n) is 13.4. The van der Waals surface area contributed by atoms with Crippen LogP contribution in [0.4, 0.5) is 5.69 Å². The SMILES string of the molecule is COc1cccc(N2CCN(S(=O)(=O)c3cccc(Br)c3)CC2)c1. The highest BCUT2D eigenvalue weighted by molar-refractivity contribution is 9.10. The number of hydrogen-bond acceptors (Lipinski definition) is 4. The first-order chi connectivity index (χ1) is 11.5. The van der Waals surface area contributed by atoms with Crippen molar-refractivity contribution in [1.29, 1.82) is 0 Å². The van der Waals surface area contributed by atoms with Crippen LogP contribution in [0.5, 0.6) is 5.75 Å². The molecule has 5 nitrogen and oxygen atoms in total. The fraction of sp³-hybridized carbons (Fsp3) is 0.294. The van der Waals surface area contributed by atoms with E-state index in [9.17, 15) is 8.42 Å². The molecule has 2 aromatic rings. The summed E-state index contributed by atoms with van der Waals surface area (Å²) in [7, 11) is -1.81. The number of hydrogen-bond donors (Lipinski definition) is 0. The van der Waals surface area contributed by atoms with E-state index in [-0.39, 0.29) is 0 Å². The fourth-order valence-corrected chi connectivity index (χ4v) is 4.79. The number of sulfonamides is 1. The van der Waals surface area contributed by atoms with Gasteiger partial charge in [-0.15, -0.1) is 0 Å². The molecule has 0 spiro atoms. The zero-order chi connectivity index (χ0) is 17.2. The van der Waals surface area contributed by atoms with Gasteiger partial charge in [0.05, 0.1) is 12.0 Å². The monoisotopic (exact) mass is 410 g/mol. The summed E-state index contributed by atoms with van der Waals surface area (Å²) in [6.07, 6.45) is 0. The quantitative estimate of drug-likeness (QED) is 0.777. The Morgan fingerprint density at radius 1 is 1.00 bits per heavy atom. The Hall–Kier alpha value is -1.57. The molecule has 1 fully saturated rings. The van der Waals surface area contributed by atoms with Crippen LogP contribution in [0.1, 0.15) is 0 Å². The highest BCUT2D eigenvalue weighted by Crippen LogP contribution is 2.25. The van der Waals surface area contributed by atoms with Crippen LogP contribution < -0.4 is 9.64 Å². The van der Waals surface area contributed by atoms with Crippen LogP contribution in [-0.4, -0.2) is 46.0 Å². The predicted octanol–water partition coefficient (Wildman–Crippen LogP) is 2.97. The van der Waals surface area contributed by atoms with Gasteiger partial charge in [0.2, 0.25) is 10.0 Å². The molecule has 7 heteroatoms. The molecule has 3 rings (SSSR count). The van der Waals surface area contributed by atoms with Crippen molar-refractivity contribution in [2.24, 2.45) is 0 Å². The zero-order valence-corrected chi connectivity index (χ0v) is 15.8. The minimum atomic E-state index is -3.45. The molecule has 1 heterocycles. The minimum absolute atomic E-state index is 0.326. The summed E-state index contributed by atoms with van der Waals surface area (Å²) in [6, 6.07) is 14.7. The van der Waals surface area contributed by atoms with Gasteiger partial charge in [0.25, 0.3) is 0 Å². The van der Waals surface area contributed by atoms with E-state index in [4.69, 9.17) is 4.74 Å². The Morgan fingerprint density at radius 2 is 1.71 bits per heavy atom. The standard InChI is InChI=1S/C17H19BrN2O3S/c1-23-16-6-3-5-15(13-16)19-8-10-20(11-9-19)24(21,22)17-7-2-4-14(18)12-17/h2-7,12-13H,8-11H2,1H3. The number of methoxy groups -OCH3 is 1. The van der Waals surface area contributed by atoms with Crippen molar-refractivity contribution in [2.45, 2.75) is 4.90 Å². The van der Waals surface area contributed by atoms with Gasteiger partial charge in [-0.05, 0) is 30.3 Å². The third-order valence-corrected chi connectivity index (χ3v) is 6.48. The average Bonchev–Trinajstić information content (AvgIpc) is 2.62. The molecule has 24 heavy (non-hydrogen) atoms. The van der Waals surface area contributed by atoms with Crippen molar-refractivity contribution in [1.82, 2.24) is 4.31 Å². The van der Waals surface area contributed by atoms with Crippen LogP contribution >= 0.6 is 15.9 Å². The maximum atomic E-state index is 12.7. The fourth-order valence-electron chi connectivity index (χ4n) is 2.77. The van der Waals surface area contributed by atoms with Gasteiger partial charge < -0.3 is 9.64 Å². The smallest absolute Gasteiger partial charge is 0.243 e. The van der Waals surface area contributed by atoms with Crippen LogP contribution in [0.15, 0.2) is 57.9 Å². The van der Waals surface area contributed by atoms with Gasteiger partial charge in [0.1, 0.15) is 5.75 Å². The molecule has 0 amide bonds. The lowest BCUT2D eigenvalue weighted by Gasteiger charge is -2.35. The molecule has 0 bridgehead atoms. The Morgan fingerprint density at radius 3 is 2.38 bits per heavy atom. The van der Waals surface area contributed by atoms with E-state index in [1.54, 1.807) is 29.6 Å². The lowest BCUT2D eigenvalue weighted by atomic mass is 10.2. The van der Waals surface area contributed by atoms with Gasteiger partial charge >= 0.3 is 0 Å². The molecule has 0 atom stereocenters. The van der Waals surface area contributed by atoms with E-state index in [1.807, 2.05) is 30.3 Å². The number of rotatable bonds is 4. The lowest BCUT2D eigenvalue weighted by Crippen LogP contribution is -2.48. The molecule has 0 unspecified atom stereocenters. The van der Waals surface area contributed by atoms with Gasteiger partial charge in [-0.2, -0.15) is 4.31 Å². The first kappa shape index (κ1) is 17.3. The number of halogens is 1. The maximum Gasteiger partial charge on any atom is 0.243 e. The Bertz CT molecular complexity index is 818. The molecule has 0 saturated carbocycles. The highest BCUT2D eigenvalue weighted by Gasteiger charge is 2.28. The lowest BCUT2D eigenvalue weighted by molar-refractivity contribution is 0.384. The predicted molar refractivity (Wildman–Crippen MR) is 98.1 cm³/mol. The summed E-state index contributed by atoms with van der Waals surface area (Å²) in [5.74, 6) is 0.802. The molecular weight excluding hydrogens is 392 g/mol. The summed E-state index contributed by atoms with van der Waals surface area (Å²) in [5.41, 5.74) is 1.05. The van der Waals surface area contributed by atoms with E-state index >= 15 is 0 Å². The minimum Gasteiger partial charge on any atom is -0.497 e. The summed E-state index contributed by atoms with van der Waals surface area (Å²) in [5, 5.41) is 0. The van der Waals surface area contributed by atoms with Crippen molar-refractivity contribution in [2.75, 3.05) is 38.2 Å². The van der Waals surface area contributed by atoms with E-state index < -0.39 is 10.0 Å². The molecule has 2 aromatic carbocycles. The normalized spacial score (nSPS) is 16.2. The molecule has 0 radical (unpaired) electrons. The molecule has 1 saturated heterocycles. The molecule has 1 aliphatic rings. The van der Waals surface area contributed by atoms with Crippen molar-refractivity contribution in [3.63, 3.8) is 0 Å². The van der Waals surface area contributed by atoms with E-state index in [0.717, 1.165) is 15.9 Å². The van der Waals surface area contributed by atoms with Crippen molar-refractivity contribution >= 4 is 31.6 Å². The number of nitrogens with zero attached hydrogens (tertiary/aromatic N) is 2. The van der Waals surface area contributed by atoms with Crippen molar-refractivity contribution < 1.29 is 13.2 Å². The second-order valence-electron chi connectivity index (χ2n) is 5.55. The van der Waals surface area contributed by atoms with Crippen LogP contribution in [0, 0.1) is 0 Å². The van der Waals surface area contributed by atoms with Crippen LogP contribution in [0.25, 0.3) is 0 Å². The highest BCUT2D eigenvalue weighted by atomic mass is 79.9. The van der Waals surface area contributed by atoms with E-state index in [0.29, 0.717) is 31.1 Å². The largest absolute Gasteiger partial charge is 0.497 e. The summed E-state index contributed by atoms with van der Waals surface area (Å²) >= 11 is 3.33. The number of anilines is 1. The maximum absolute atomic E-state index is 12.7. The Labute approximate surface area is 151 Å². The molecule has 1 aliphatic heterocycles. The van der Waals surface area contributed by atoms with Gasteiger partial charge in [0, 0.05) is 42.4 Å².